The fraction of sp³-hybridized carbons (Fsp3) is 0.182. The van der Waals surface area contributed by atoms with E-state index < -0.39 is 5.62 Å². The summed E-state index contributed by atoms with van der Waals surface area (Å²) in [5.41, 5.74) is 1.02. The van der Waals surface area contributed by atoms with Gasteiger partial charge in [0, 0.05) is 10.9 Å². The first-order valence-electron chi connectivity index (χ1n) is 5.51. The normalized spacial score (nSPS) is 19.3. The first kappa shape index (κ1) is 11.9. The van der Waals surface area contributed by atoms with E-state index in [4.69, 9.17) is 22.2 Å². The average Bonchev–Trinajstić information content (AvgIpc) is 2.89. The number of H-pyrrole nitrogens is 1. The van der Waals surface area contributed by atoms with Crippen LogP contribution in [0, 0.1) is 0 Å². The number of methoxy groups -OCH3 is 1. The lowest BCUT2D eigenvalue weighted by molar-refractivity contribution is 0.272. The van der Waals surface area contributed by atoms with Crippen LogP contribution in [0.25, 0.3) is 10.9 Å². The molecular formula is C11H11ClN6O. The number of nitrogens with two attached hydrogens (primary N) is 1. The summed E-state index contributed by atoms with van der Waals surface area (Å²) in [6.45, 7) is 0. The van der Waals surface area contributed by atoms with Crippen LogP contribution in [0.15, 0.2) is 34.4 Å². The Bertz CT molecular complexity index is 679. The summed E-state index contributed by atoms with van der Waals surface area (Å²) in [4.78, 5) is 8.43. The number of aromatic amines is 1. The predicted molar refractivity (Wildman–Crippen MR) is 72.7 cm³/mol. The van der Waals surface area contributed by atoms with Gasteiger partial charge in [0.2, 0.25) is 5.62 Å². The third-order valence-corrected chi connectivity index (χ3v) is 3.07. The number of aliphatic imine (C=N–C) groups is 2. The van der Waals surface area contributed by atoms with Crippen molar-refractivity contribution in [3.8, 4) is 0 Å². The van der Waals surface area contributed by atoms with Gasteiger partial charge < -0.3 is 4.74 Å². The molecule has 1 aromatic heterocycles. The van der Waals surface area contributed by atoms with Crippen LogP contribution < -0.4 is 5.84 Å². The molecule has 1 aliphatic rings. The van der Waals surface area contributed by atoms with Crippen LogP contribution in [0.2, 0.25) is 0 Å². The minimum absolute atomic E-state index is 0.220. The largest absolute Gasteiger partial charge is 0.467 e. The Kier molecular flexibility index (Phi) is 2.84. The molecule has 3 rings (SSSR count). The van der Waals surface area contributed by atoms with Gasteiger partial charge in [0.05, 0.1) is 18.8 Å². The molecule has 8 heteroatoms. The van der Waals surface area contributed by atoms with Crippen molar-refractivity contribution in [3.05, 3.63) is 30.0 Å². The third-order valence-electron chi connectivity index (χ3n) is 2.76. The molecule has 98 valence electrons. The van der Waals surface area contributed by atoms with E-state index >= 15 is 0 Å². The summed E-state index contributed by atoms with van der Waals surface area (Å²) < 4.78 is 5.07. The lowest BCUT2D eigenvalue weighted by Gasteiger charge is -2.25. The summed E-state index contributed by atoms with van der Waals surface area (Å²) in [6.07, 6.45) is 1.73. The number of nitrogens with one attached hydrogen (secondary N) is 1. The summed E-state index contributed by atoms with van der Waals surface area (Å²) in [6, 6.07) is 5.92. The van der Waals surface area contributed by atoms with Gasteiger partial charge in [-0.2, -0.15) is 10.1 Å². The molecule has 0 aliphatic carbocycles. The van der Waals surface area contributed by atoms with Gasteiger partial charge in [-0.1, -0.05) is 11.6 Å². The van der Waals surface area contributed by atoms with E-state index in [9.17, 15) is 0 Å². The summed E-state index contributed by atoms with van der Waals surface area (Å²) in [7, 11) is 1.48. The molecule has 0 radical (unpaired) electrons. The molecule has 0 saturated heterocycles. The molecule has 3 N–H and O–H groups in total. The van der Waals surface area contributed by atoms with Crippen LogP contribution >= 0.6 is 11.6 Å². The van der Waals surface area contributed by atoms with Crippen LogP contribution in [0.1, 0.15) is 5.56 Å². The number of halogens is 1. The SMILES string of the molecule is COC1=NC(c2ccc3[nH]ncc3c2)=NC(Cl)N1N. The van der Waals surface area contributed by atoms with Gasteiger partial charge in [0.15, 0.2) is 5.84 Å². The number of hydrazine groups is 1. The number of benzene rings is 1. The lowest BCUT2D eigenvalue weighted by Crippen LogP contribution is -2.46. The minimum atomic E-state index is -0.748. The van der Waals surface area contributed by atoms with Gasteiger partial charge in [-0.15, -0.1) is 0 Å². The average molecular weight is 279 g/mol. The van der Waals surface area contributed by atoms with Crippen molar-refractivity contribution in [2.75, 3.05) is 7.11 Å². The fourth-order valence-electron chi connectivity index (χ4n) is 1.80. The molecule has 2 heterocycles. The van der Waals surface area contributed by atoms with E-state index in [1.165, 1.54) is 7.11 Å². The molecular weight excluding hydrogens is 268 g/mol. The van der Waals surface area contributed by atoms with Gasteiger partial charge in [-0.25, -0.2) is 15.8 Å². The Labute approximate surface area is 113 Å². The van der Waals surface area contributed by atoms with Gasteiger partial charge in [-0.05, 0) is 18.2 Å². The zero-order chi connectivity index (χ0) is 13.4. The maximum Gasteiger partial charge on any atom is 0.311 e. The fourth-order valence-corrected chi connectivity index (χ4v) is 1.98. The van der Waals surface area contributed by atoms with E-state index in [2.05, 4.69) is 20.2 Å². The summed E-state index contributed by atoms with van der Waals surface area (Å²) in [5.74, 6) is 6.14. The molecule has 2 aromatic rings. The number of aromatic nitrogens is 2. The van der Waals surface area contributed by atoms with Gasteiger partial charge in [0.25, 0.3) is 0 Å². The number of fused-ring (bicyclic) bond motifs is 1. The maximum atomic E-state index is 6.02. The molecule has 1 atom stereocenters. The second kappa shape index (κ2) is 4.52. The van der Waals surface area contributed by atoms with Crippen molar-refractivity contribution in [2.24, 2.45) is 15.8 Å². The minimum Gasteiger partial charge on any atom is -0.467 e. The number of nitrogens with zero attached hydrogens (tertiary/aromatic N) is 4. The highest BCUT2D eigenvalue weighted by Crippen LogP contribution is 2.18. The highest BCUT2D eigenvalue weighted by Gasteiger charge is 2.23. The van der Waals surface area contributed by atoms with Crippen LogP contribution in [0.4, 0.5) is 0 Å². The van der Waals surface area contributed by atoms with Crippen molar-refractivity contribution in [1.29, 1.82) is 0 Å². The second-order valence-electron chi connectivity index (χ2n) is 3.94. The molecule has 19 heavy (non-hydrogen) atoms. The van der Waals surface area contributed by atoms with E-state index in [-0.39, 0.29) is 6.02 Å². The summed E-state index contributed by atoms with van der Waals surface area (Å²) >= 11 is 6.02. The van der Waals surface area contributed by atoms with Crippen LogP contribution in [0.5, 0.6) is 0 Å². The molecule has 1 unspecified atom stereocenters. The van der Waals surface area contributed by atoms with Gasteiger partial charge in [0.1, 0.15) is 0 Å². The van der Waals surface area contributed by atoms with Gasteiger partial charge >= 0.3 is 6.02 Å². The zero-order valence-corrected chi connectivity index (χ0v) is 10.8. The Morgan fingerprint density at radius 1 is 1.47 bits per heavy atom. The Balaban J connectivity index is 2.05. The Morgan fingerprint density at radius 3 is 3.11 bits per heavy atom. The van der Waals surface area contributed by atoms with E-state index in [0.29, 0.717) is 5.84 Å². The standard InChI is InChI=1S/C11H11ClN6O/c1-19-11-16-9(15-10(12)18(11)13)6-2-3-8-7(4-6)5-14-17-8/h2-5,10H,13H2,1H3,(H,14,17). The van der Waals surface area contributed by atoms with Crippen LogP contribution in [0.3, 0.4) is 0 Å². The molecule has 0 saturated carbocycles. The topological polar surface area (TPSA) is 91.9 Å². The number of rotatable bonds is 1. The number of hydrogen-bond donors (Lipinski definition) is 2. The van der Waals surface area contributed by atoms with E-state index in [1.807, 2.05) is 18.2 Å². The molecule has 1 aromatic carbocycles. The maximum absolute atomic E-state index is 6.02. The highest BCUT2D eigenvalue weighted by atomic mass is 35.5. The zero-order valence-electron chi connectivity index (χ0n) is 10.0. The predicted octanol–water partition coefficient (Wildman–Crippen LogP) is 1.02. The first-order chi connectivity index (χ1) is 9.19. The monoisotopic (exact) mass is 278 g/mol. The molecule has 0 bridgehead atoms. The smallest absolute Gasteiger partial charge is 0.311 e. The van der Waals surface area contributed by atoms with Crippen LogP contribution in [-0.2, 0) is 4.74 Å². The molecule has 7 nitrogen and oxygen atoms in total. The molecule has 1 aliphatic heterocycles. The number of hydrogen-bond acceptors (Lipinski definition) is 6. The second-order valence-corrected chi connectivity index (χ2v) is 4.33. The van der Waals surface area contributed by atoms with Crippen molar-refractivity contribution < 1.29 is 4.74 Å². The van der Waals surface area contributed by atoms with E-state index in [0.717, 1.165) is 21.5 Å². The van der Waals surface area contributed by atoms with Crippen molar-refractivity contribution >= 4 is 34.4 Å². The van der Waals surface area contributed by atoms with Crippen molar-refractivity contribution in [1.82, 2.24) is 15.2 Å². The van der Waals surface area contributed by atoms with Gasteiger partial charge in [-0.3, -0.25) is 5.10 Å². The Morgan fingerprint density at radius 2 is 2.32 bits per heavy atom. The lowest BCUT2D eigenvalue weighted by atomic mass is 10.1. The van der Waals surface area contributed by atoms with Crippen LogP contribution in [-0.4, -0.2) is 39.8 Å². The number of ether oxygens (including phenoxy) is 1. The quantitative estimate of drug-likeness (QED) is 0.463. The van der Waals surface area contributed by atoms with Crippen molar-refractivity contribution in [2.45, 2.75) is 5.62 Å². The van der Waals surface area contributed by atoms with Crippen molar-refractivity contribution in [3.63, 3.8) is 0 Å². The highest BCUT2D eigenvalue weighted by molar-refractivity contribution is 6.23. The Hall–Kier alpha value is -2.12. The third kappa shape index (κ3) is 2.02. The number of alkyl halides is 1. The molecule has 0 amide bonds. The number of amidine groups is 2. The molecule has 0 fully saturated rings. The van der Waals surface area contributed by atoms with E-state index in [1.54, 1.807) is 6.20 Å². The first-order valence-corrected chi connectivity index (χ1v) is 5.94. The summed E-state index contributed by atoms with van der Waals surface area (Å²) in [5, 5.41) is 8.97. The molecule has 0 spiro atoms.